The van der Waals surface area contributed by atoms with E-state index in [1.54, 1.807) is 19.1 Å². The Bertz CT molecular complexity index is 1200. The summed E-state index contributed by atoms with van der Waals surface area (Å²) < 4.78 is 51.3. The van der Waals surface area contributed by atoms with Crippen LogP contribution in [0.3, 0.4) is 0 Å². The van der Waals surface area contributed by atoms with Crippen molar-refractivity contribution in [2.45, 2.75) is 38.5 Å². The largest absolute Gasteiger partial charge is 0.497 e. The molecule has 1 unspecified atom stereocenters. The number of methoxy groups -OCH3 is 1. The number of imidazole rings is 1. The maximum atomic E-state index is 13.6. The summed E-state index contributed by atoms with van der Waals surface area (Å²) >= 11 is 0. The molecule has 11 heteroatoms. The van der Waals surface area contributed by atoms with Crippen LogP contribution in [0.25, 0.3) is 0 Å². The lowest BCUT2D eigenvalue weighted by Gasteiger charge is -2.15. The molecule has 1 heterocycles. The van der Waals surface area contributed by atoms with Crippen molar-refractivity contribution in [2.24, 2.45) is 0 Å². The second kappa shape index (κ2) is 10.5. The second-order valence-corrected chi connectivity index (χ2v) is 7.65. The average Bonchev–Trinajstić information content (AvgIpc) is 3.22. The maximum Gasteiger partial charge on any atom is 0.435 e. The molecule has 0 fully saturated rings. The Labute approximate surface area is 198 Å². The molecule has 1 atom stereocenters. The summed E-state index contributed by atoms with van der Waals surface area (Å²) in [5, 5.41) is 19.1. The van der Waals surface area contributed by atoms with Crippen LogP contribution in [0.4, 0.5) is 13.2 Å². The molecule has 0 bridgehead atoms. The highest BCUT2D eigenvalue weighted by molar-refractivity contribution is 5.89. The molecule has 2 aromatic carbocycles. The van der Waals surface area contributed by atoms with Crippen LogP contribution in [-0.4, -0.2) is 39.2 Å². The molecule has 0 radical (unpaired) electrons. The first-order valence-electron chi connectivity index (χ1n) is 10.6. The first kappa shape index (κ1) is 25.6. The molecule has 1 aromatic heterocycles. The molecule has 8 nitrogen and oxygen atoms in total. The van der Waals surface area contributed by atoms with Crippen molar-refractivity contribution < 1.29 is 42.4 Å². The zero-order valence-corrected chi connectivity index (χ0v) is 18.8. The van der Waals surface area contributed by atoms with E-state index >= 15 is 0 Å². The number of rotatable bonds is 10. The number of H-pyrrole nitrogens is 1. The van der Waals surface area contributed by atoms with Crippen LogP contribution in [0, 0.1) is 0 Å². The van der Waals surface area contributed by atoms with Crippen molar-refractivity contribution >= 4 is 11.9 Å². The molecule has 186 valence electrons. The van der Waals surface area contributed by atoms with E-state index < -0.39 is 35.4 Å². The van der Waals surface area contributed by atoms with Gasteiger partial charge in [0.05, 0.1) is 18.4 Å². The fourth-order valence-electron chi connectivity index (χ4n) is 3.58. The number of benzene rings is 2. The van der Waals surface area contributed by atoms with Gasteiger partial charge in [0.2, 0.25) is 0 Å². The second-order valence-electron chi connectivity index (χ2n) is 7.65. The van der Waals surface area contributed by atoms with E-state index in [-0.39, 0.29) is 35.7 Å². The van der Waals surface area contributed by atoms with Gasteiger partial charge in [0.25, 0.3) is 0 Å². The molecule has 0 saturated carbocycles. The Morgan fingerprint density at radius 2 is 1.74 bits per heavy atom. The topological polar surface area (TPSA) is 122 Å². The molecule has 3 rings (SSSR count). The zero-order valence-electron chi connectivity index (χ0n) is 18.8. The predicted molar refractivity (Wildman–Crippen MR) is 118 cm³/mol. The third-order valence-corrected chi connectivity index (χ3v) is 5.23. The minimum absolute atomic E-state index is 0.00581. The summed E-state index contributed by atoms with van der Waals surface area (Å²) in [7, 11) is 1.41. The molecule has 0 aliphatic carbocycles. The van der Waals surface area contributed by atoms with Gasteiger partial charge in [-0.1, -0.05) is 25.1 Å². The number of carbonyl (C=O) groups is 2. The highest BCUT2D eigenvalue weighted by Crippen LogP contribution is 2.37. The lowest BCUT2D eigenvalue weighted by atomic mass is 9.94. The number of ether oxygens (including phenoxy) is 2. The lowest BCUT2D eigenvalue weighted by molar-refractivity contribution is -0.143. The van der Waals surface area contributed by atoms with Crippen molar-refractivity contribution in [3.05, 3.63) is 76.4 Å². The first-order valence-corrected chi connectivity index (χ1v) is 10.6. The number of aromatic carboxylic acids is 1. The van der Waals surface area contributed by atoms with Crippen molar-refractivity contribution in [1.29, 1.82) is 0 Å². The lowest BCUT2D eigenvalue weighted by Crippen LogP contribution is -2.19. The highest BCUT2D eigenvalue weighted by atomic mass is 19.4. The molecule has 35 heavy (non-hydrogen) atoms. The van der Waals surface area contributed by atoms with Crippen molar-refractivity contribution in [3.8, 4) is 11.5 Å². The van der Waals surface area contributed by atoms with Crippen LogP contribution in [0.15, 0.2) is 42.5 Å². The van der Waals surface area contributed by atoms with Crippen molar-refractivity contribution in [1.82, 2.24) is 9.97 Å². The van der Waals surface area contributed by atoms with E-state index in [1.807, 2.05) is 0 Å². The molecule has 0 saturated heterocycles. The van der Waals surface area contributed by atoms with Gasteiger partial charge >= 0.3 is 18.1 Å². The summed E-state index contributed by atoms with van der Waals surface area (Å²) in [5.74, 6) is -3.55. The number of nitrogens with one attached hydrogen (secondary N) is 1. The van der Waals surface area contributed by atoms with Gasteiger partial charge in [-0.2, -0.15) is 13.2 Å². The fraction of sp³-hybridized carbons (Fsp3) is 0.292. The molecular formula is C24H23F3N2O6. The van der Waals surface area contributed by atoms with Gasteiger partial charge in [-0.15, -0.1) is 0 Å². The van der Waals surface area contributed by atoms with Crippen LogP contribution in [0.2, 0.25) is 0 Å². The number of nitrogens with zero attached hydrogens (tertiary/aromatic N) is 1. The van der Waals surface area contributed by atoms with Crippen LogP contribution in [-0.2, 0) is 24.0 Å². The molecule has 0 amide bonds. The van der Waals surface area contributed by atoms with Gasteiger partial charge < -0.3 is 24.7 Å². The van der Waals surface area contributed by atoms with E-state index in [4.69, 9.17) is 9.47 Å². The normalized spacial score (nSPS) is 12.3. The summed E-state index contributed by atoms with van der Waals surface area (Å²) in [4.78, 5) is 29.6. The molecule has 3 N–H and O–H groups in total. The van der Waals surface area contributed by atoms with Crippen molar-refractivity contribution in [3.63, 3.8) is 0 Å². The fourth-order valence-corrected chi connectivity index (χ4v) is 3.58. The number of hydrogen-bond donors (Lipinski definition) is 3. The number of halogens is 3. The smallest absolute Gasteiger partial charge is 0.435 e. The Balaban J connectivity index is 1.86. The first-order chi connectivity index (χ1) is 16.5. The SMILES string of the molecule is CCCc1nc(C(F)(F)F)c(C(C(=O)O)c2ccc(OCc3ccc(OC)cc3C(=O)O)cc2)[nH]1. The summed E-state index contributed by atoms with van der Waals surface area (Å²) in [5.41, 5.74) is -1.33. The van der Waals surface area contributed by atoms with Gasteiger partial charge in [0, 0.05) is 12.0 Å². The monoisotopic (exact) mass is 492 g/mol. The van der Waals surface area contributed by atoms with Gasteiger partial charge in [0.15, 0.2) is 5.69 Å². The summed E-state index contributed by atoms with van der Waals surface area (Å²) in [6.07, 6.45) is -4.05. The number of carboxylic acids is 2. The number of carboxylic acid groups (broad SMARTS) is 2. The Hall–Kier alpha value is -4.02. The minimum Gasteiger partial charge on any atom is -0.497 e. The zero-order chi connectivity index (χ0) is 25.8. The Morgan fingerprint density at radius 3 is 2.29 bits per heavy atom. The number of aromatic nitrogens is 2. The van der Waals surface area contributed by atoms with E-state index in [0.717, 1.165) is 0 Å². The van der Waals surface area contributed by atoms with Gasteiger partial charge in [-0.05, 0) is 36.2 Å². The van der Waals surface area contributed by atoms with Crippen LogP contribution < -0.4 is 9.47 Å². The van der Waals surface area contributed by atoms with E-state index in [2.05, 4.69) is 9.97 Å². The average molecular weight is 492 g/mol. The van der Waals surface area contributed by atoms with Crippen molar-refractivity contribution in [2.75, 3.05) is 7.11 Å². The van der Waals surface area contributed by atoms with E-state index in [9.17, 15) is 33.0 Å². The molecule has 0 spiro atoms. The number of aliphatic carboxylic acids is 1. The summed E-state index contributed by atoms with van der Waals surface area (Å²) in [6.45, 7) is 1.67. The van der Waals surface area contributed by atoms with E-state index in [1.165, 1.54) is 37.4 Å². The van der Waals surface area contributed by atoms with E-state index in [0.29, 0.717) is 17.7 Å². The Morgan fingerprint density at radius 1 is 1.09 bits per heavy atom. The highest BCUT2D eigenvalue weighted by Gasteiger charge is 2.41. The molecule has 0 aliphatic rings. The maximum absolute atomic E-state index is 13.6. The van der Waals surface area contributed by atoms with Crippen LogP contribution in [0.1, 0.15) is 58.0 Å². The van der Waals surface area contributed by atoms with Crippen LogP contribution in [0.5, 0.6) is 11.5 Å². The molecule has 3 aromatic rings. The molecular weight excluding hydrogens is 469 g/mol. The predicted octanol–water partition coefficient (Wildman–Crippen LogP) is 4.88. The summed E-state index contributed by atoms with van der Waals surface area (Å²) in [6, 6.07) is 10.00. The number of alkyl halides is 3. The Kier molecular flexibility index (Phi) is 7.68. The third kappa shape index (κ3) is 5.92. The molecule has 0 aliphatic heterocycles. The van der Waals surface area contributed by atoms with Gasteiger partial charge in [0.1, 0.15) is 29.8 Å². The number of aromatic amines is 1. The number of hydrogen-bond acceptors (Lipinski definition) is 5. The van der Waals surface area contributed by atoms with Gasteiger partial charge in [-0.25, -0.2) is 9.78 Å². The third-order valence-electron chi connectivity index (χ3n) is 5.23. The van der Waals surface area contributed by atoms with Crippen LogP contribution >= 0.6 is 0 Å². The standard InChI is InChI=1S/C24H23F3N2O6/c1-3-4-18-28-20(21(29-18)24(25,26)27)19(23(32)33)13-5-8-15(9-6-13)35-12-14-7-10-16(34-2)11-17(14)22(30)31/h5-11,19H,3-4,12H2,1-2H3,(H,28,29)(H,30,31)(H,32,33). The minimum atomic E-state index is -4.82. The van der Waals surface area contributed by atoms with Gasteiger partial charge in [-0.3, -0.25) is 4.79 Å². The number of aryl methyl sites for hydroxylation is 1. The quantitative estimate of drug-likeness (QED) is 0.369.